The summed E-state index contributed by atoms with van der Waals surface area (Å²) < 4.78 is 0. The van der Waals surface area contributed by atoms with Gasteiger partial charge in [0.2, 0.25) is 0 Å². The quantitative estimate of drug-likeness (QED) is 0.716. The Hall–Kier alpha value is -1.61. The van der Waals surface area contributed by atoms with E-state index < -0.39 is 6.10 Å². The van der Waals surface area contributed by atoms with Gasteiger partial charge in [-0.2, -0.15) is 0 Å². The number of benzene rings is 1. The molecule has 1 rings (SSSR count). The first-order valence-corrected chi connectivity index (χ1v) is 5.36. The fourth-order valence-electron chi connectivity index (χ4n) is 1.35. The van der Waals surface area contributed by atoms with E-state index >= 15 is 0 Å². The summed E-state index contributed by atoms with van der Waals surface area (Å²) in [5.41, 5.74) is 0.640. The van der Waals surface area contributed by atoms with Crippen LogP contribution >= 0.6 is 0 Å². The van der Waals surface area contributed by atoms with Gasteiger partial charge in [0.25, 0.3) is 5.91 Å². The Balaban J connectivity index is 2.28. The molecule has 0 saturated heterocycles. The fraction of sp³-hybridized carbons (Fsp3) is 0.308. The molecule has 3 nitrogen and oxygen atoms in total. The topological polar surface area (TPSA) is 49.3 Å². The van der Waals surface area contributed by atoms with Crippen molar-refractivity contribution in [2.45, 2.75) is 18.9 Å². The summed E-state index contributed by atoms with van der Waals surface area (Å²) in [6.45, 7) is 4.02. The maximum absolute atomic E-state index is 11.6. The molecule has 86 valence electrons. The molecule has 0 aliphatic heterocycles. The van der Waals surface area contributed by atoms with Gasteiger partial charge in [-0.15, -0.1) is 6.58 Å². The largest absolute Gasteiger partial charge is 0.393 e. The zero-order valence-electron chi connectivity index (χ0n) is 9.23. The summed E-state index contributed by atoms with van der Waals surface area (Å²) in [6, 6.07) is 9.03. The van der Waals surface area contributed by atoms with E-state index in [1.165, 1.54) is 0 Å². The van der Waals surface area contributed by atoms with Crippen molar-refractivity contribution >= 4 is 5.91 Å². The van der Waals surface area contributed by atoms with E-state index in [1.807, 2.05) is 18.2 Å². The normalized spacial score (nSPS) is 11.8. The molecule has 0 saturated carbocycles. The Bertz CT molecular complexity index is 335. The Labute approximate surface area is 95.8 Å². The molecule has 0 spiro atoms. The third-order valence-corrected chi connectivity index (χ3v) is 2.24. The van der Waals surface area contributed by atoms with Crippen LogP contribution in [0, 0.1) is 0 Å². The first-order chi connectivity index (χ1) is 7.74. The highest BCUT2D eigenvalue weighted by atomic mass is 16.3. The van der Waals surface area contributed by atoms with Crippen molar-refractivity contribution < 1.29 is 9.90 Å². The molecule has 0 heterocycles. The maximum atomic E-state index is 11.6. The van der Waals surface area contributed by atoms with E-state index in [0.717, 1.165) is 0 Å². The zero-order valence-corrected chi connectivity index (χ0v) is 9.23. The van der Waals surface area contributed by atoms with Gasteiger partial charge in [-0.1, -0.05) is 24.3 Å². The summed E-state index contributed by atoms with van der Waals surface area (Å²) in [5.74, 6) is -0.105. The fourth-order valence-corrected chi connectivity index (χ4v) is 1.35. The third-order valence-electron chi connectivity index (χ3n) is 2.24. The van der Waals surface area contributed by atoms with Crippen molar-refractivity contribution in [1.82, 2.24) is 5.32 Å². The zero-order chi connectivity index (χ0) is 11.8. The van der Waals surface area contributed by atoms with E-state index in [4.69, 9.17) is 0 Å². The lowest BCUT2D eigenvalue weighted by Crippen LogP contribution is -2.26. The summed E-state index contributed by atoms with van der Waals surface area (Å²) in [4.78, 5) is 11.6. The number of hydrogen-bond acceptors (Lipinski definition) is 2. The molecule has 0 aromatic heterocycles. The third kappa shape index (κ3) is 4.28. The molecule has 2 N–H and O–H groups in total. The number of nitrogens with one attached hydrogen (secondary N) is 1. The predicted molar refractivity (Wildman–Crippen MR) is 64.2 cm³/mol. The summed E-state index contributed by atoms with van der Waals surface area (Å²) in [6.07, 6.45) is 2.35. The second-order valence-corrected chi connectivity index (χ2v) is 3.59. The molecule has 1 aromatic carbocycles. The van der Waals surface area contributed by atoms with E-state index in [2.05, 4.69) is 11.9 Å². The number of rotatable bonds is 6. The summed E-state index contributed by atoms with van der Waals surface area (Å²) in [5, 5.41) is 12.2. The highest BCUT2D eigenvalue weighted by Crippen LogP contribution is 1.99. The van der Waals surface area contributed by atoms with E-state index in [9.17, 15) is 9.90 Å². The first kappa shape index (κ1) is 12.5. The van der Waals surface area contributed by atoms with Gasteiger partial charge >= 0.3 is 0 Å². The number of aliphatic hydroxyl groups excluding tert-OH is 1. The standard InChI is InChI=1S/C13H17NO2/c1-2-6-12(15)9-10-14-13(16)11-7-4-3-5-8-11/h2-5,7-8,12,15H,1,6,9-10H2,(H,14,16)/t12-/m0/s1. The summed E-state index contributed by atoms with van der Waals surface area (Å²) >= 11 is 0. The Morgan fingerprint density at radius 2 is 2.12 bits per heavy atom. The van der Waals surface area contributed by atoms with Crippen LogP contribution in [0.2, 0.25) is 0 Å². The molecule has 0 aliphatic carbocycles. The van der Waals surface area contributed by atoms with Crippen LogP contribution in [0.5, 0.6) is 0 Å². The van der Waals surface area contributed by atoms with Gasteiger partial charge in [0.1, 0.15) is 0 Å². The van der Waals surface area contributed by atoms with Crippen molar-refractivity contribution in [3.05, 3.63) is 48.6 Å². The van der Waals surface area contributed by atoms with Crippen molar-refractivity contribution in [3.63, 3.8) is 0 Å². The smallest absolute Gasteiger partial charge is 0.251 e. The Morgan fingerprint density at radius 1 is 1.44 bits per heavy atom. The Kier molecular flexibility index (Phi) is 5.29. The summed E-state index contributed by atoms with van der Waals surface area (Å²) in [7, 11) is 0. The average molecular weight is 219 g/mol. The number of amides is 1. The van der Waals surface area contributed by atoms with Gasteiger partial charge in [0.05, 0.1) is 6.10 Å². The van der Waals surface area contributed by atoms with Crippen LogP contribution in [0.1, 0.15) is 23.2 Å². The lowest BCUT2D eigenvalue weighted by atomic mass is 10.2. The molecule has 0 aliphatic rings. The van der Waals surface area contributed by atoms with Crippen LogP contribution in [-0.4, -0.2) is 23.7 Å². The number of aliphatic hydroxyl groups is 1. The molecule has 0 unspecified atom stereocenters. The van der Waals surface area contributed by atoms with Crippen molar-refractivity contribution in [3.8, 4) is 0 Å². The second kappa shape index (κ2) is 6.80. The van der Waals surface area contributed by atoms with Crippen LogP contribution in [0.25, 0.3) is 0 Å². The van der Waals surface area contributed by atoms with Gasteiger partial charge in [0, 0.05) is 12.1 Å². The minimum atomic E-state index is -0.423. The predicted octanol–water partition coefficient (Wildman–Crippen LogP) is 1.74. The monoisotopic (exact) mass is 219 g/mol. The molecule has 1 atom stereocenters. The van der Waals surface area contributed by atoms with Crippen LogP contribution in [0.3, 0.4) is 0 Å². The molecule has 1 amide bonds. The molecular formula is C13H17NO2. The van der Waals surface area contributed by atoms with Crippen molar-refractivity contribution in [2.24, 2.45) is 0 Å². The van der Waals surface area contributed by atoms with Gasteiger partial charge in [-0.25, -0.2) is 0 Å². The molecule has 0 radical (unpaired) electrons. The molecule has 3 heteroatoms. The highest BCUT2D eigenvalue weighted by molar-refractivity contribution is 5.94. The molecule has 0 fully saturated rings. The minimum Gasteiger partial charge on any atom is -0.393 e. The number of hydrogen-bond donors (Lipinski definition) is 2. The molecular weight excluding hydrogens is 202 g/mol. The van der Waals surface area contributed by atoms with Gasteiger partial charge < -0.3 is 10.4 Å². The Morgan fingerprint density at radius 3 is 2.75 bits per heavy atom. The van der Waals surface area contributed by atoms with Crippen LogP contribution < -0.4 is 5.32 Å². The van der Waals surface area contributed by atoms with E-state index in [-0.39, 0.29) is 5.91 Å². The van der Waals surface area contributed by atoms with E-state index in [0.29, 0.717) is 24.9 Å². The lowest BCUT2D eigenvalue weighted by molar-refractivity contribution is 0.0943. The lowest BCUT2D eigenvalue weighted by Gasteiger charge is -2.08. The van der Waals surface area contributed by atoms with Crippen LogP contribution in [0.15, 0.2) is 43.0 Å². The number of carbonyl (C=O) groups is 1. The van der Waals surface area contributed by atoms with E-state index in [1.54, 1.807) is 18.2 Å². The minimum absolute atomic E-state index is 0.105. The molecule has 1 aromatic rings. The second-order valence-electron chi connectivity index (χ2n) is 3.59. The van der Waals surface area contributed by atoms with Crippen molar-refractivity contribution in [1.29, 1.82) is 0 Å². The first-order valence-electron chi connectivity index (χ1n) is 5.36. The van der Waals surface area contributed by atoms with Crippen molar-refractivity contribution in [2.75, 3.05) is 6.54 Å². The highest BCUT2D eigenvalue weighted by Gasteiger charge is 2.05. The SMILES string of the molecule is C=CC[C@H](O)CCNC(=O)c1ccccc1. The van der Waals surface area contributed by atoms with Gasteiger partial charge in [-0.05, 0) is 25.0 Å². The molecule has 0 bridgehead atoms. The van der Waals surface area contributed by atoms with Gasteiger partial charge in [-0.3, -0.25) is 4.79 Å². The maximum Gasteiger partial charge on any atom is 0.251 e. The molecule has 16 heavy (non-hydrogen) atoms. The van der Waals surface area contributed by atoms with Gasteiger partial charge in [0.15, 0.2) is 0 Å². The number of carbonyl (C=O) groups excluding carboxylic acids is 1. The average Bonchev–Trinajstić information content (AvgIpc) is 2.30. The van der Waals surface area contributed by atoms with Crippen LogP contribution in [-0.2, 0) is 0 Å². The van der Waals surface area contributed by atoms with Crippen LogP contribution in [0.4, 0.5) is 0 Å².